The lowest BCUT2D eigenvalue weighted by Gasteiger charge is -2.00. The molecule has 1 heterocycles. The van der Waals surface area contributed by atoms with Gasteiger partial charge in [-0.1, -0.05) is 12.1 Å². The number of fused-ring (bicyclic) bond motifs is 1. The summed E-state index contributed by atoms with van der Waals surface area (Å²) >= 11 is 0. The van der Waals surface area contributed by atoms with Crippen molar-refractivity contribution < 1.29 is 13.5 Å². The number of H-pyrrole nitrogens is 1. The molecule has 1 aromatic heterocycles. The van der Waals surface area contributed by atoms with Crippen molar-refractivity contribution in [3.63, 3.8) is 0 Å². The molecule has 0 bridgehead atoms. The maximum Gasteiger partial charge on any atom is 0.167 e. The van der Waals surface area contributed by atoms with Crippen LogP contribution in [0.2, 0.25) is 0 Å². The Labute approximate surface area is 108 Å². The second-order valence-electron chi connectivity index (χ2n) is 4.24. The van der Waals surface area contributed by atoms with Crippen molar-refractivity contribution in [2.45, 2.75) is 0 Å². The van der Waals surface area contributed by atoms with Crippen molar-refractivity contribution in [2.75, 3.05) is 7.11 Å². The van der Waals surface area contributed by atoms with Crippen molar-refractivity contribution in [2.24, 2.45) is 0 Å². The summed E-state index contributed by atoms with van der Waals surface area (Å²) in [5, 5.41) is 0.775. The molecule has 0 spiro atoms. The Kier molecular flexibility index (Phi) is 2.71. The molecule has 4 heteroatoms. The van der Waals surface area contributed by atoms with Crippen LogP contribution in [0.5, 0.6) is 5.75 Å². The third-order valence-electron chi connectivity index (χ3n) is 3.06. The van der Waals surface area contributed by atoms with Crippen LogP contribution in [0.25, 0.3) is 22.2 Å². The number of rotatable bonds is 2. The zero-order valence-electron chi connectivity index (χ0n) is 10.2. The van der Waals surface area contributed by atoms with Crippen molar-refractivity contribution >= 4 is 10.9 Å². The second kappa shape index (κ2) is 4.39. The van der Waals surface area contributed by atoms with Crippen LogP contribution >= 0.6 is 0 Å². The molecule has 0 unspecified atom stereocenters. The molecule has 0 fully saturated rings. The number of benzene rings is 2. The SMILES string of the molecule is COc1cc2cc(-c3ccccc3F)[nH]c2cc1F. The Balaban J connectivity index is 2.20. The van der Waals surface area contributed by atoms with E-state index in [1.807, 2.05) is 0 Å². The van der Waals surface area contributed by atoms with Crippen molar-refractivity contribution in [3.8, 4) is 17.0 Å². The topological polar surface area (TPSA) is 25.0 Å². The summed E-state index contributed by atoms with van der Waals surface area (Å²) in [4.78, 5) is 3.01. The first-order valence-corrected chi connectivity index (χ1v) is 5.80. The molecule has 0 aliphatic heterocycles. The fourth-order valence-electron chi connectivity index (χ4n) is 2.11. The van der Waals surface area contributed by atoms with Crippen molar-refractivity contribution in [1.82, 2.24) is 4.98 Å². The zero-order chi connectivity index (χ0) is 13.4. The Morgan fingerprint density at radius 1 is 1.00 bits per heavy atom. The minimum Gasteiger partial charge on any atom is -0.494 e. The Bertz CT molecular complexity index is 749. The third kappa shape index (κ3) is 1.95. The molecule has 19 heavy (non-hydrogen) atoms. The number of halogens is 2. The van der Waals surface area contributed by atoms with E-state index in [-0.39, 0.29) is 11.6 Å². The van der Waals surface area contributed by atoms with E-state index in [2.05, 4.69) is 4.98 Å². The number of aromatic amines is 1. The van der Waals surface area contributed by atoms with Gasteiger partial charge in [-0.3, -0.25) is 0 Å². The van der Waals surface area contributed by atoms with E-state index in [1.54, 1.807) is 30.3 Å². The largest absolute Gasteiger partial charge is 0.494 e. The van der Waals surface area contributed by atoms with E-state index in [4.69, 9.17) is 4.74 Å². The summed E-state index contributed by atoms with van der Waals surface area (Å²) in [5.74, 6) is -0.593. The maximum atomic E-state index is 13.7. The van der Waals surface area contributed by atoms with E-state index in [0.717, 1.165) is 5.39 Å². The highest BCUT2D eigenvalue weighted by molar-refractivity contribution is 5.87. The van der Waals surface area contributed by atoms with E-state index in [1.165, 1.54) is 19.2 Å². The molecule has 96 valence electrons. The fourth-order valence-corrected chi connectivity index (χ4v) is 2.11. The number of nitrogens with one attached hydrogen (secondary N) is 1. The predicted octanol–water partition coefficient (Wildman–Crippen LogP) is 4.12. The standard InChI is InChI=1S/C15H11F2NO/c1-19-15-7-9-6-14(18-13(9)8-12(15)17)10-4-2-3-5-11(10)16/h2-8,18H,1H3. The van der Waals surface area contributed by atoms with Crippen LogP contribution < -0.4 is 4.74 Å². The summed E-state index contributed by atoms with van der Waals surface area (Å²) in [6.45, 7) is 0. The molecular weight excluding hydrogens is 248 g/mol. The average Bonchev–Trinajstić information content (AvgIpc) is 2.80. The smallest absolute Gasteiger partial charge is 0.167 e. The van der Waals surface area contributed by atoms with E-state index in [9.17, 15) is 8.78 Å². The van der Waals surface area contributed by atoms with Crippen LogP contribution in [0.4, 0.5) is 8.78 Å². The van der Waals surface area contributed by atoms with Gasteiger partial charge in [-0.25, -0.2) is 8.78 Å². The molecule has 0 saturated heterocycles. The van der Waals surface area contributed by atoms with Crippen LogP contribution in [-0.2, 0) is 0 Å². The first-order chi connectivity index (χ1) is 9.19. The monoisotopic (exact) mass is 259 g/mol. The molecule has 2 aromatic carbocycles. The first-order valence-electron chi connectivity index (χ1n) is 5.80. The van der Waals surface area contributed by atoms with E-state index >= 15 is 0 Å². The first kappa shape index (κ1) is 11.7. The van der Waals surface area contributed by atoms with Gasteiger partial charge in [0.1, 0.15) is 5.82 Å². The quantitative estimate of drug-likeness (QED) is 0.735. The van der Waals surface area contributed by atoms with Gasteiger partial charge in [0.2, 0.25) is 0 Å². The number of methoxy groups -OCH3 is 1. The van der Waals surface area contributed by atoms with Crippen LogP contribution in [-0.4, -0.2) is 12.1 Å². The van der Waals surface area contributed by atoms with Crippen molar-refractivity contribution in [1.29, 1.82) is 0 Å². The highest BCUT2D eigenvalue weighted by Crippen LogP contribution is 2.30. The Morgan fingerprint density at radius 3 is 2.53 bits per heavy atom. The summed E-state index contributed by atoms with van der Waals surface area (Å²) in [5.41, 5.74) is 1.68. The highest BCUT2D eigenvalue weighted by atomic mass is 19.1. The lowest BCUT2D eigenvalue weighted by Crippen LogP contribution is -1.87. The summed E-state index contributed by atoms with van der Waals surface area (Å²) in [7, 11) is 1.41. The Morgan fingerprint density at radius 2 is 1.79 bits per heavy atom. The van der Waals surface area contributed by atoms with Gasteiger partial charge in [-0.05, 0) is 24.3 Å². The van der Waals surface area contributed by atoms with Gasteiger partial charge in [0.15, 0.2) is 11.6 Å². The van der Waals surface area contributed by atoms with Gasteiger partial charge >= 0.3 is 0 Å². The molecule has 0 radical (unpaired) electrons. The molecule has 0 atom stereocenters. The summed E-state index contributed by atoms with van der Waals surface area (Å²) < 4.78 is 32.2. The average molecular weight is 259 g/mol. The number of aromatic nitrogens is 1. The summed E-state index contributed by atoms with van der Waals surface area (Å²) in [6.07, 6.45) is 0. The molecule has 0 amide bonds. The van der Waals surface area contributed by atoms with E-state index < -0.39 is 5.82 Å². The van der Waals surface area contributed by atoms with E-state index in [0.29, 0.717) is 16.8 Å². The lowest BCUT2D eigenvalue weighted by atomic mass is 10.1. The minimum atomic E-state index is -0.447. The van der Waals surface area contributed by atoms with Crippen LogP contribution in [0.15, 0.2) is 42.5 Å². The zero-order valence-corrected chi connectivity index (χ0v) is 10.2. The second-order valence-corrected chi connectivity index (χ2v) is 4.24. The molecular formula is C15H11F2NO. The molecule has 2 nitrogen and oxygen atoms in total. The van der Waals surface area contributed by atoms with Crippen LogP contribution in [0, 0.1) is 11.6 Å². The fraction of sp³-hybridized carbons (Fsp3) is 0.0667. The normalized spacial score (nSPS) is 10.9. The lowest BCUT2D eigenvalue weighted by molar-refractivity contribution is 0.387. The molecule has 0 aliphatic carbocycles. The minimum absolute atomic E-state index is 0.173. The van der Waals surface area contributed by atoms with Gasteiger partial charge in [0.25, 0.3) is 0 Å². The highest BCUT2D eigenvalue weighted by Gasteiger charge is 2.10. The van der Waals surface area contributed by atoms with Gasteiger partial charge in [0.05, 0.1) is 7.11 Å². The third-order valence-corrected chi connectivity index (χ3v) is 3.06. The molecule has 1 N–H and O–H groups in total. The maximum absolute atomic E-state index is 13.7. The molecule has 3 aromatic rings. The Hall–Kier alpha value is -2.36. The van der Waals surface area contributed by atoms with Gasteiger partial charge in [-0.15, -0.1) is 0 Å². The molecule has 0 saturated carbocycles. The van der Waals surface area contributed by atoms with Crippen LogP contribution in [0.3, 0.4) is 0 Å². The number of hydrogen-bond acceptors (Lipinski definition) is 1. The predicted molar refractivity (Wildman–Crippen MR) is 70.2 cm³/mol. The van der Waals surface area contributed by atoms with Crippen molar-refractivity contribution in [3.05, 3.63) is 54.1 Å². The van der Waals surface area contributed by atoms with Gasteiger partial charge < -0.3 is 9.72 Å². The number of ether oxygens (including phenoxy) is 1. The van der Waals surface area contributed by atoms with Gasteiger partial charge in [0, 0.05) is 28.2 Å². The number of hydrogen-bond donors (Lipinski definition) is 1. The molecule has 0 aliphatic rings. The summed E-state index contributed by atoms with van der Waals surface area (Å²) in [6, 6.07) is 11.2. The molecule has 3 rings (SSSR count). The van der Waals surface area contributed by atoms with Gasteiger partial charge in [-0.2, -0.15) is 0 Å². The van der Waals surface area contributed by atoms with Crippen LogP contribution in [0.1, 0.15) is 0 Å².